The molecule has 0 saturated carbocycles. The van der Waals surface area contributed by atoms with Gasteiger partial charge in [-0.25, -0.2) is 4.79 Å². The first kappa shape index (κ1) is 16.5. The highest BCUT2D eigenvalue weighted by atomic mass is 32.1. The Hall–Kier alpha value is -2.35. The van der Waals surface area contributed by atoms with Crippen molar-refractivity contribution >= 4 is 28.2 Å². The first-order chi connectivity index (χ1) is 11.3. The van der Waals surface area contributed by atoms with Crippen LogP contribution in [0.3, 0.4) is 0 Å². The number of aryl methyl sites for hydroxylation is 1. The van der Waals surface area contributed by atoms with Gasteiger partial charge in [-0.3, -0.25) is 4.79 Å². The molecule has 2 aromatic rings. The lowest BCUT2D eigenvalue weighted by molar-refractivity contribution is -0.137. The molecule has 0 bridgehead atoms. The number of benzene rings is 1. The monoisotopic (exact) mass is 355 g/mol. The number of fused-ring (bicyclic) bond motifs is 1. The van der Waals surface area contributed by atoms with Gasteiger partial charge < -0.3 is 10.4 Å². The molecule has 0 fully saturated rings. The Kier molecular flexibility index (Phi) is 4.08. The van der Waals surface area contributed by atoms with E-state index in [-0.39, 0.29) is 16.1 Å². The van der Waals surface area contributed by atoms with Gasteiger partial charge in [0, 0.05) is 10.4 Å². The van der Waals surface area contributed by atoms with E-state index < -0.39 is 23.6 Å². The number of carbonyl (C=O) groups excluding carboxylic acids is 1. The van der Waals surface area contributed by atoms with E-state index in [1.165, 1.54) is 11.3 Å². The molecule has 2 N–H and O–H groups in total. The Morgan fingerprint density at radius 3 is 2.38 bits per heavy atom. The van der Waals surface area contributed by atoms with Gasteiger partial charge in [-0.05, 0) is 49.1 Å². The van der Waals surface area contributed by atoms with Crippen LogP contribution in [0, 0.1) is 0 Å². The van der Waals surface area contributed by atoms with Gasteiger partial charge in [-0.15, -0.1) is 11.3 Å². The molecule has 0 atom stereocenters. The van der Waals surface area contributed by atoms with Gasteiger partial charge >= 0.3 is 12.1 Å². The Morgan fingerprint density at radius 1 is 1.12 bits per heavy atom. The number of alkyl halides is 3. The third-order valence-electron chi connectivity index (χ3n) is 3.84. The summed E-state index contributed by atoms with van der Waals surface area (Å²) < 4.78 is 37.6. The predicted molar refractivity (Wildman–Crippen MR) is 82.7 cm³/mol. The lowest BCUT2D eigenvalue weighted by atomic mass is 10.1. The van der Waals surface area contributed by atoms with Gasteiger partial charge in [0.1, 0.15) is 5.00 Å². The quantitative estimate of drug-likeness (QED) is 0.867. The maximum atomic E-state index is 12.5. The molecule has 4 nitrogen and oxygen atoms in total. The van der Waals surface area contributed by atoms with E-state index in [9.17, 15) is 27.9 Å². The molecular weight excluding hydrogens is 343 g/mol. The van der Waals surface area contributed by atoms with Gasteiger partial charge in [0.05, 0.1) is 11.1 Å². The molecular formula is C16H12F3NO3S. The summed E-state index contributed by atoms with van der Waals surface area (Å²) in [5.41, 5.74) is 0.0243. The maximum Gasteiger partial charge on any atom is 0.416 e. The number of carbonyl (C=O) groups is 2. The number of amides is 1. The van der Waals surface area contributed by atoms with Crippen molar-refractivity contribution in [1.29, 1.82) is 0 Å². The number of halogens is 3. The van der Waals surface area contributed by atoms with Gasteiger partial charge in [0.25, 0.3) is 5.91 Å². The molecule has 1 aliphatic carbocycles. The van der Waals surface area contributed by atoms with Gasteiger partial charge in [0.15, 0.2) is 0 Å². The molecule has 3 rings (SSSR count). The molecule has 0 saturated heterocycles. The number of rotatable bonds is 3. The van der Waals surface area contributed by atoms with Crippen LogP contribution in [-0.2, 0) is 19.0 Å². The molecule has 1 aromatic carbocycles. The minimum absolute atomic E-state index is 0.0351. The fraction of sp³-hybridized carbons (Fsp3) is 0.250. The SMILES string of the molecule is O=C(Nc1sc2c(c1C(=O)O)CCC2)c1ccc(C(F)(F)F)cc1. The van der Waals surface area contributed by atoms with E-state index in [0.717, 1.165) is 47.5 Å². The zero-order valence-electron chi connectivity index (χ0n) is 12.2. The lowest BCUT2D eigenvalue weighted by Crippen LogP contribution is -2.14. The summed E-state index contributed by atoms with van der Waals surface area (Å²) in [6, 6.07) is 3.78. The Balaban J connectivity index is 1.84. The Morgan fingerprint density at radius 2 is 1.79 bits per heavy atom. The van der Waals surface area contributed by atoms with Crippen LogP contribution in [0.25, 0.3) is 0 Å². The van der Waals surface area contributed by atoms with Crippen molar-refractivity contribution in [3.8, 4) is 0 Å². The molecule has 1 amide bonds. The summed E-state index contributed by atoms with van der Waals surface area (Å²) in [6.07, 6.45) is -2.16. The molecule has 8 heteroatoms. The molecule has 1 aliphatic rings. The van der Waals surface area contributed by atoms with E-state index in [0.29, 0.717) is 6.42 Å². The van der Waals surface area contributed by atoms with Crippen molar-refractivity contribution in [2.75, 3.05) is 5.32 Å². The van der Waals surface area contributed by atoms with Crippen molar-refractivity contribution in [2.45, 2.75) is 25.4 Å². The number of hydrogen-bond acceptors (Lipinski definition) is 3. The summed E-state index contributed by atoms with van der Waals surface area (Å²) in [6.45, 7) is 0. The Bertz CT molecular complexity index is 809. The summed E-state index contributed by atoms with van der Waals surface area (Å²) in [5.74, 6) is -1.75. The van der Waals surface area contributed by atoms with E-state index in [1.54, 1.807) is 0 Å². The first-order valence-electron chi connectivity index (χ1n) is 7.14. The first-order valence-corrected chi connectivity index (χ1v) is 7.95. The highest BCUT2D eigenvalue weighted by Crippen LogP contribution is 2.39. The molecule has 1 heterocycles. The summed E-state index contributed by atoms with van der Waals surface area (Å²) in [7, 11) is 0. The number of aromatic carboxylic acids is 1. The van der Waals surface area contributed by atoms with Gasteiger partial charge in [-0.2, -0.15) is 13.2 Å². The normalized spacial score (nSPS) is 13.6. The van der Waals surface area contributed by atoms with Crippen molar-refractivity contribution in [2.24, 2.45) is 0 Å². The second-order valence-electron chi connectivity index (χ2n) is 5.40. The van der Waals surface area contributed by atoms with Crippen LogP contribution >= 0.6 is 11.3 Å². The second kappa shape index (κ2) is 5.94. The fourth-order valence-electron chi connectivity index (χ4n) is 2.70. The number of hydrogen-bond donors (Lipinski definition) is 2. The Labute approximate surface area is 138 Å². The van der Waals surface area contributed by atoms with Crippen molar-refractivity contribution < 1.29 is 27.9 Å². The van der Waals surface area contributed by atoms with Crippen molar-refractivity contribution in [3.05, 3.63) is 51.4 Å². The number of carboxylic acid groups (broad SMARTS) is 1. The second-order valence-corrected chi connectivity index (χ2v) is 6.50. The average molecular weight is 355 g/mol. The number of thiophene rings is 1. The third kappa shape index (κ3) is 3.01. The fourth-order valence-corrected chi connectivity index (χ4v) is 3.98. The van der Waals surface area contributed by atoms with E-state index in [1.807, 2.05) is 0 Å². The zero-order chi connectivity index (χ0) is 17.5. The van der Waals surface area contributed by atoms with E-state index >= 15 is 0 Å². The van der Waals surface area contributed by atoms with E-state index in [2.05, 4.69) is 5.32 Å². The lowest BCUT2D eigenvalue weighted by Gasteiger charge is -2.08. The smallest absolute Gasteiger partial charge is 0.416 e. The largest absolute Gasteiger partial charge is 0.478 e. The maximum absolute atomic E-state index is 12.5. The molecule has 0 aliphatic heterocycles. The van der Waals surface area contributed by atoms with Crippen LogP contribution in [0.1, 0.15) is 43.1 Å². The van der Waals surface area contributed by atoms with Gasteiger partial charge in [-0.1, -0.05) is 0 Å². The number of anilines is 1. The van der Waals surface area contributed by atoms with Crippen LogP contribution in [0.5, 0.6) is 0 Å². The molecule has 0 unspecified atom stereocenters. The highest BCUT2D eigenvalue weighted by Gasteiger charge is 2.31. The van der Waals surface area contributed by atoms with Crippen LogP contribution < -0.4 is 5.32 Å². The topological polar surface area (TPSA) is 66.4 Å². The van der Waals surface area contributed by atoms with Crippen LogP contribution in [-0.4, -0.2) is 17.0 Å². The summed E-state index contributed by atoms with van der Waals surface area (Å²) in [5, 5.41) is 12.1. The molecule has 126 valence electrons. The molecule has 24 heavy (non-hydrogen) atoms. The standard InChI is InChI=1S/C16H12F3NO3S/c17-16(18,19)9-6-4-8(5-7-9)13(21)20-14-12(15(22)23)10-2-1-3-11(10)24-14/h4-7H,1-3H2,(H,20,21)(H,22,23). The summed E-state index contributed by atoms with van der Waals surface area (Å²) in [4.78, 5) is 24.6. The van der Waals surface area contributed by atoms with Crippen LogP contribution in [0.15, 0.2) is 24.3 Å². The number of carboxylic acids is 1. The van der Waals surface area contributed by atoms with Crippen molar-refractivity contribution in [1.82, 2.24) is 0 Å². The molecule has 1 aromatic heterocycles. The minimum Gasteiger partial charge on any atom is -0.478 e. The van der Waals surface area contributed by atoms with Crippen molar-refractivity contribution in [3.63, 3.8) is 0 Å². The highest BCUT2D eigenvalue weighted by molar-refractivity contribution is 7.17. The van der Waals surface area contributed by atoms with Gasteiger partial charge in [0.2, 0.25) is 0 Å². The van der Waals surface area contributed by atoms with Crippen LogP contribution in [0.4, 0.5) is 18.2 Å². The van der Waals surface area contributed by atoms with Crippen LogP contribution in [0.2, 0.25) is 0 Å². The molecule has 0 spiro atoms. The molecule has 0 radical (unpaired) electrons. The van der Waals surface area contributed by atoms with E-state index in [4.69, 9.17) is 0 Å². The average Bonchev–Trinajstić information content (AvgIpc) is 3.06. The number of nitrogens with one attached hydrogen (secondary N) is 1. The third-order valence-corrected chi connectivity index (χ3v) is 5.04. The predicted octanol–water partition coefficient (Wildman–Crippen LogP) is 4.21. The summed E-state index contributed by atoms with van der Waals surface area (Å²) >= 11 is 1.21. The zero-order valence-corrected chi connectivity index (χ0v) is 13.1. The minimum atomic E-state index is -4.47.